The Kier molecular flexibility index (Phi) is 5.13. The van der Waals surface area contributed by atoms with E-state index in [1.165, 1.54) is 17.7 Å². The van der Waals surface area contributed by atoms with Gasteiger partial charge in [-0.3, -0.25) is 0 Å². The highest BCUT2D eigenvalue weighted by Crippen LogP contribution is 2.32. The van der Waals surface area contributed by atoms with E-state index in [1.807, 2.05) is 0 Å². The molecule has 0 radical (unpaired) electrons. The van der Waals surface area contributed by atoms with Crippen molar-refractivity contribution >= 4 is 23.2 Å². The molecule has 0 saturated carbocycles. The van der Waals surface area contributed by atoms with Gasteiger partial charge in [-0.2, -0.15) is 0 Å². The number of aliphatic hydroxyl groups is 1. The SMILES string of the molecule is O[C@H](COc1c(Cl)cccc1Cl)C[NH+]1CCCC1. The fourth-order valence-corrected chi connectivity index (χ4v) is 2.78. The van der Waals surface area contributed by atoms with Crippen LogP contribution in [0.4, 0.5) is 0 Å². The van der Waals surface area contributed by atoms with E-state index in [1.54, 1.807) is 18.2 Å². The van der Waals surface area contributed by atoms with E-state index in [4.69, 9.17) is 27.9 Å². The average molecular weight is 291 g/mol. The molecule has 1 heterocycles. The number of rotatable bonds is 5. The molecule has 18 heavy (non-hydrogen) atoms. The van der Waals surface area contributed by atoms with Crippen LogP contribution in [0.1, 0.15) is 12.8 Å². The average Bonchev–Trinajstić information content (AvgIpc) is 2.81. The Morgan fingerprint density at radius 2 is 1.83 bits per heavy atom. The summed E-state index contributed by atoms with van der Waals surface area (Å²) in [6.07, 6.45) is 2.02. The summed E-state index contributed by atoms with van der Waals surface area (Å²) in [5.74, 6) is 0.455. The van der Waals surface area contributed by atoms with Crippen molar-refractivity contribution in [3.05, 3.63) is 28.2 Å². The van der Waals surface area contributed by atoms with E-state index < -0.39 is 6.10 Å². The summed E-state index contributed by atoms with van der Waals surface area (Å²) < 4.78 is 5.51. The number of benzene rings is 1. The quantitative estimate of drug-likeness (QED) is 0.860. The Balaban J connectivity index is 1.83. The van der Waals surface area contributed by atoms with Crippen molar-refractivity contribution in [1.82, 2.24) is 0 Å². The molecule has 0 aromatic heterocycles. The molecule has 0 amide bonds. The van der Waals surface area contributed by atoms with Gasteiger partial charge in [0.25, 0.3) is 0 Å². The maximum Gasteiger partial charge on any atom is 0.156 e. The zero-order chi connectivity index (χ0) is 13.0. The first-order chi connectivity index (χ1) is 8.66. The van der Waals surface area contributed by atoms with Gasteiger partial charge in [-0.05, 0) is 12.1 Å². The molecule has 1 aliphatic heterocycles. The predicted octanol–water partition coefficient (Wildman–Crippen LogP) is 1.41. The Hall–Kier alpha value is -0.480. The van der Waals surface area contributed by atoms with Crippen molar-refractivity contribution in [3.63, 3.8) is 0 Å². The molecule has 1 atom stereocenters. The van der Waals surface area contributed by atoms with Crippen LogP contribution >= 0.6 is 23.2 Å². The number of hydrogen-bond donors (Lipinski definition) is 2. The second-order valence-corrected chi connectivity index (χ2v) is 5.49. The number of nitrogens with one attached hydrogen (secondary N) is 1. The molecule has 1 saturated heterocycles. The van der Waals surface area contributed by atoms with Crippen LogP contribution < -0.4 is 9.64 Å². The summed E-state index contributed by atoms with van der Waals surface area (Å²) in [7, 11) is 0. The molecular formula is C13H18Cl2NO2+. The molecule has 3 nitrogen and oxygen atoms in total. The van der Waals surface area contributed by atoms with Crippen molar-refractivity contribution in [2.75, 3.05) is 26.2 Å². The Morgan fingerprint density at radius 1 is 1.22 bits per heavy atom. The number of quaternary nitrogens is 1. The zero-order valence-electron chi connectivity index (χ0n) is 10.2. The summed E-state index contributed by atoms with van der Waals surface area (Å²) in [4.78, 5) is 1.44. The van der Waals surface area contributed by atoms with Gasteiger partial charge in [-0.25, -0.2) is 0 Å². The van der Waals surface area contributed by atoms with E-state index >= 15 is 0 Å². The molecule has 0 bridgehead atoms. The maximum absolute atomic E-state index is 9.92. The number of ether oxygens (including phenoxy) is 1. The first-order valence-electron chi connectivity index (χ1n) is 6.25. The van der Waals surface area contributed by atoms with Crippen LogP contribution in [-0.4, -0.2) is 37.5 Å². The lowest BCUT2D eigenvalue weighted by atomic mass is 10.3. The first-order valence-corrected chi connectivity index (χ1v) is 7.01. The molecule has 2 N–H and O–H groups in total. The van der Waals surface area contributed by atoms with E-state index in [0.29, 0.717) is 15.8 Å². The molecule has 100 valence electrons. The number of aliphatic hydroxyl groups excluding tert-OH is 1. The third-order valence-corrected chi connectivity index (χ3v) is 3.77. The highest BCUT2D eigenvalue weighted by atomic mass is 35.5. The number of para-hydroxylation sites is 1. The van der Waals surface area contributed by atoms with Gasteiger partial charge in [0.05, 0.1) is 23.1 Å². The van der Waals surface area contributed by atoms with Gasteiger partial charge >= 0.3 is 0 Å². The third kappa shape index (κ3) is 3.75. The van der Waals surface area contributed by atoms with Crippen molar-refractivity contribution < 1.29 is 14.7 Å². The summed E-state index contributed by atoms with van der Waals surface area (Å²) in [5.41, 5.74) is 0. The van der Waals surface area contributed by atoms with Crippen LogP contribution in [0.5, 0.6) is 5.75 Å². The fraction of sp³-hybridized carbons (Fsp3) is 0.538. The third-order valence-electron chi connectivity index (χ3n) is 3.17. The Labute approximate surface area is 117 Å². The van der Waals surface area contributed by atoms with E-state index in [-0.39, 0.29) is 6.61 Å². The van der Waals surface area contributed by atoms with Gasteiger partial charge in [0.1, 0.15) is 19.3 Å². The molecule has 1 aromatic carbocycles. The minimum absolute atomic E-state index is 0.229. The van der Waals surface area contributed by atoms with Crippen molar-refractivity contribution in [2.24, 2.45) is 0 Å². The molecule has 1 aromatic rings. The Morgan fingerprint density at radius 3 is 2.44 bits per heavy atom. The van der Waals surface area contributed by atoms with Gasteiger partial charge in [0.15, 0.2) is 5.75 Å². The standard InChI is InChI=1S/C13H17Cl2NO2/c14-11-4-3-5-12(15)13(11)18-9-10(17)8-16-6-1-2-7-16/h3-5,10,17H,1-2,6-9H2/p+1/t10-/m0/s1. The monoisotopic (exact) mass is 290 g/mol. The number of hydrogen-bond acceptors (Lipinski definition) is 2. The first kappa shape index (κ1) is 13.9. The minimum Gasteiger partial charge on any atom is -0.488 e. The summed E-state index contributed by atoms with van der Waals surface area (Å²) >= 11 is 12.0. The number of likely N-dealkylation sites (tertiary alicyclic amines) is 1. The predicted molar refractivity (Wildman–Crippen MR) is 72.8 cm³/mol. The maximum atomic E-state index is 9.92. The molecule has 0 unspecified atom stereocenters. The zero-order valence-corrected chi connectivity index (χ0v) is 11.7. The van der Waals surface area contributed by atoms with Crippen molar-refractivity contribution in [1.29, 1.82) is 0 Å². The van der Waals surface area contributed by atoms with Crippen LogP contribution in [0.2, 0.25) is 10.0 Å². The second kappa shape index (κ2) is 6.62. The van der Waals surface area contributed by atoms with Crippen LogP contribution in [0, 0.1) is 0 Å². The molecule has 1 aliphatic rings. The van der Waals surface area contributed by atoms with Gasteiger partial charge in [-0.15, -0.1) is 0 Å². The molecule has 5 heteroatoms. The lowest BCUT2D eigenvalue weighted by Crippen LogP contribution is -3.11. The van der Waals surface area contributed by atoms with E-state index in [0.717, 1.165) is 19.6 Å². The molecule has 1 fully saturated rings. The highest BCUT2D eigenvalue weighted by Gasteiger charge is 2.20. The van der Waals surface area contributed by atoms with Crippen LogP contribution in [-0.2, 0) is 0 Å². The van der Waals surface area contributed by atoms with Crippen LogP contribution in [0.25, 0.3) is 0 Å². The van der Waals surface area contributed by atoms with Crippen molar-refractivity contribution in [2.45, 2.75) is 18.9 Å². The molecule has 2 rings (SSSR count). The fourth-order valence-electron chi connectivity index (χ4n) is 2.27. The largest absolute Gasteiger partial charge is 0.488 e. The normalized spacial score (nSPS) is 17.9. The van der Waals surface area contributed by atoms with Gasteiger partial charge in [0, 0.05) is 12.8 Å². The molecular weight excluding hydrogens is 273 g/mol. The summed E-state index contributed by atoms with van der Waals surface area (Å²) in [6.45, 7) is 3.24. The molecule has 0 spiro atoms. The minimum atomic E-state index is -0.481. The summed E-state index contributed by atoms with van der Waals surface area (Å²) in [6, 6.07) is 5.21. The van der Waals surface area contributed by atoms with Crippen molar-refractivity contribution in [3.8, 4) is 5.75 Å². The lowest BCUT2D eigenvalue weighted by molar-refractivity contribution is -0.890. The smallest absolute Gasteiger partial charge is 0.156 e. The van der Waals surface area contributed by atoms with Crippen LogP contribution in [0.3, 0.4) is 0 Å². The van der Waals surface area contributed by atoms with E-state index in [2.05, 4.69) is 0 Å². The van der Waals surface area contributed by atoms with Gasteiger partial charge in [-0.1, -0.05) is 29.3 Å². The van der Waals surface area contributed by atoms with E-state index in [9.17, 15) is 5.11 Å². The highest BCUT2D eigenvalue weighted by molar-refractivity contribution is 6.37. The summed E-state index contributed by atoms with van der Waals surface area (Å²) in [5, 5.41) is 10.9. The second-order valence-electron chi connectivity index (χ2n) is 4.68. The van der Waals surface area contributed by atoms with Gasteiger partial charge < -0.3 is 14.7 Å². The van der Waals surface area contributed by atoms with Crippen LogP contribution in [0.15, 0.2) is 18.2 Å². The van der Waals surface area contributed by atoms with Gasteiger partial charge in [0.2, 0.25) is 0 Å². The lowest BCUT2D eigenvalue weighted by Gasteiger charge is -2.18. The number of halogens is 2. The molecule has 0 aliphatic carbocycles. The Bertz CT molecular complexity index is 374. The topological polar surface area (TPSA) is 33.9 Å².